The fourth-order valence-electron chi connectivity index (χ4n) is 3.97. The molecule has 3 heterocycles. The number of benzene rings is 2. The van der Waals surface area contributed by atoms with Crippen molar-refractivity contribution in [1.29, 1.82) is 0 Å². The lowest BCUT2D eigenvalue weighted by Gasteiger charge is -2.26. The molecule has 1 aromatic heterocycles. The number of aromatic amines is 1. The molecule has 0 atom stereocenters. The second-order valence-electron chi connectivity index (χ2n) is 7.53. The first-order valence-electron chi connectivity index (χ1n) is 10.1. The van der Waals surface area contributed by atoms with E-state index in [4.69, 9.17) is 4.84 Å². The van der Waals surface area contributed by atoms with Crippen LogP contribution in [0.3, 0.4) is 0 Å². The average Bonchev–Trinajstić information content (AvgIpc) is 3.27. The van der Waals surface area contributed by atoms with E-state index in [1.54, 1.807) is 6.07 Å². The quantitative estimate of drug-likeness (QED) is 0.402. The van der Waals surface area contributed by atoms with Crippen LogP contribution in [0, 0.1) is 11.6 Å². The summed E-state index contributed by atoms with van der Waals surface area (Å²) in [5.74, 6) is -1.04. The Bertz CT molecular complexity index is 1200. The van der Waals surface area contributed by atoms with Gasteiger partial charge in [-0.15, -0.1) is 12.4 Å². The Hall–Kier alpha value is -3.01. The monoisotopic (exact) mass is 461 g/mol. The van der Waals surface area contributed by atoms with Crippen molar-refractivity contribution in [2.24, 2.45) is 10.1 Å². The number of aromatic hydroxyl groups is 1. The smallest absolute Gasteiger partial charge is 0.199 e. The zero-order chi connectivity index (χ0) is 21.4. The molecule has 0 saturated carbocycles. The highest BCUT2D eigenvalue weighted by Crippen LogP contribution is 2.36. The summed E-state index contributed by atoms with van der Waals surface area (Å²) >= 11 is 0. The summed E-state index contributed by atoms with van der Waals surface area (Å²) in [5.41, 5.74) is 2.43. The molecule has 0 amide bonds. The van der Waals surface area contributed by atoms with E-state index in [2.05, 4.69) is 25.3 Å². The highest BCUT2D eigenvalue weighted by Gasteiger charge is 2.30. The van der Waals surface area contributed by atoms with Gasteiger partial charge in [0.25, 0.3) is 0 Å². The van der Waals surface area contributed by atoms with Crippen LogP contribution in [0.1, 0.15) is 11.1 Å². The van der Waals surface area contributed by atoms with Crippen LogP contribution in [0.15, 0.2) is 46.5 Å². The van der Waals surface area contributed by atoms with E-state index in [-0.39, 0.29) is 18.3 Å². The molecule has 2 aliphatic rings. The van der Waals surface area contributed by atoms with Gasteiger partial charge in [0, 0.05) is 49.2 Å². The first kappa shape index (κ1) is 22.2. The molecule has 0 bridgehead atoms. The van der Waals surface area contributed by atoms with E-state index < -0.39 is 11.6 Å². The average molecular weight is 462 g/mol. The number of rotatable bonds is 5. The van der Waals surface area contributed by atoms with Crippen molar-refractivity contribution in [2.75, 3.05) is 39.3 Å². The minimum atomic E-state index is -0.444. The summed E-state index contributed by atoms with van der Waals surface area (Å²) in [6, 6.07) is 8.34. The Morgan fingerprint density at radius 2 is 1.84 bits per heavy atom. The van der Waals surface area contributed by atoms with Gasteiger partial charge in [-0.05, 0) is 36.4 Å². The normalized spacial score (nSPS) is 17.3. The first-order valence-corrected chi connectivity index (χ1v) is 10.1. The molecule has 3 N–H and O–H groups in total. The van der Waals surface area contributed by atoms with Gasteiger partial charge in [0.05, 0.1) is 11.3 Å². The molecule has 7 nitrogen and oxygen atoms in total. The van der Waals surface area contributed by atoms with Crippen molar-refractivity contribution in [3.8, 4) is 5.88 Å². The standard InChI is InChI=1S/C22H21F2N5O2.ClH/c23-13-1-3-17-15(11-13)19(22(30)27-17)21-20(16-12-14(24)2-4-18(16)26-21)28-31-10-9-29-7-5-25-6-8-29;/h1-4,11-12,25,27,30H,5-10H2;1H/b28-20+;. The highest BCUT2D eigenvalue weighted by molar-refractivity contribution is 6.58. The number of nitrogens with zero attached hydrogens (tertiary/aromatic N) is 3. The number of fused-ring (bicyclic) bond motifs is 2. The minimum Gasteiger partial charge on any atom is -0.494 e. The molecule has 32 heavy (non-hydrogen) atoms. The Balaban J connectivity index is 0.00000245. The van der Waals surface area contributed by atoms with E-state index in [0.717, 1.165) is 26.2 Å². The van der Waals surface area contributed by atoms with Gasteiger partial charge in [0.1, 0.15) is 29.7 Å². The van der Waals surface area contributed by atoms with Gasteiger partial charge in [-0.1, -0.05) is 5.16 Å². The fraction of sp³-hybridized carbons (Fsp3) is 0.273. The van der Waals surface area contributed by atoms with Crippen molar-refractivity contribution in [3.05, 3.63) is 59.2 Å². The number of aromatic nitrogens is 1. The maximum Gasteiger partial charge on any atom is 0.199 e. The number of hydrogen-bond donors (Lipinski definition) is 3. The topological polar surface area (TPSA) is 85.2 Å². The minimum absolute atomic E-state index is 0. The van der Waals surface area contributed by atoms with Crippen molar-refractivity contribution in [3.63, 3.8) is 0 Å². The zero-order valence-corrected chi connectivity index (χ0v) is 17.9. The lowest BCUT2D eigenvalue weighted by molar-refractivity contribution is 0.106. The van der Waals surface area contributed by atoms with Gasteiger partial charge in [0.15, 0.2) is 5.88 Å². The van der Waals surface area contributed by atoms with Crippen LogP contribution in [0.5, 0.6) is 5.88 Å². The SMILES string of the molecule is Cl.Oc1[nH]c2ccc(F)cc2c1C1=Nc2ccc(F)cc2/C1=N\OCCN1CCNCC1. The largest absolute Gasteiger partial charge is 0.494 e. The number of piperazine rings is 1. The summed E-state index contributed by atoms with van der Waals surface area (Å²) in [5, 5.41) is 18.5. The number of H-pyrrole nitrogens is 1. The Morgan fingerprint density at radius 1 is 1.09 bits per heavy atom. The number of aliphatic imine (C=N–C) groups is 1. The summed E-state index contributed by atoms with van der Waals surface area (Å²) in [6.45, 7) is 4.83. The van der Waals surface area contributed by atoms with Gasteiger partial charge in [-0.3, -0.25) is 4.90 Å². The van der Waals surface area contributed by atoms with E-state index in [9.17, 15) is 13.9 Å². The molecular formula is C22H22ClF2N5O2. The molecule has 3 aromatic rings. The number of oxime groups is 1. The molecule has 168 valence electrons. The molecule has 1 saturated heterocycles. The van der Waals surface area contributed by atoms with E-state index in [1.165, 1.54) is 30.3 Å². The van der Waals surface area contributed by atoms with Crippen LogP contribution in [-0.2, 0) is 4.84 Å². The Kier molecular flexibility index (Phi) is 6.40. The third kappa shape index (κ3) is 4.19. The predicted molar refractivity (Wildman–Crippen MR) is 122 cm³/mol. The number of hydrogen-bond acceptors (Lipinski definition) is 6. The van der Waals surface area contributed by atoms with E-state index >= 15 is 0 Å². The molecule has 0 aliphatic carbocycles. The number of nitrogens with one attached hydrogen (secondary N) is 2. The maximum absolute atomic E-state index is 14.0. The van der Waals surface area contributed by atoms with Gasteiger partial charge in [-0.25, -0.2) is 13.8 Å². The fourth-order valence-corrected chi connectivity index (χ4v) is 3.97. The summed E-state index contributed by atoms with van der Waals surface area (Å²) in [4.78, 5) is 15.2. The first-order chi connectivity index (χ1) is 15.1. The van der Waals surface area contributed by atoms with Crippen molar-refractivity contribution < 1.29 is 18.7 Å². The van der Waals surface area contributed by atoms with Gasteiger partial charge in [0.2, 0.25) is 0 Å². The third-order valence-corrected chi connectivity index (χ3v) is 5.51. The Morgan fingerprint density at radius 3 is 2.66 bits per heavy atom. The molecule has 5 rings (SSSR count). The van der Waals surface area contributed by atoms with Crippen LogP contribution >= 0.6 is 12.4 Å². The Labute approximate surface area is 189 Å². The molecule has 1 fully saturated rings. The van der Waals surface area contributed by atoms with E-state index in [0.29, 0.717) is 52.3 Å². The molecule has 0 unspecified atom stereocenters. The van der Waals surface area contributed by atoms with Crippen LogP contribution in [-0.4, -0.2) is 65.7 Å². The molecule has 2 aliphatic heterocycles. The zero-order valence-electron chi connectivity index (χ0n) is 17.1. The van der Waals surface area contributed by atoms with Crippen molar-refractivity contribution >= 4 is 40.4 Å². The molecular weight excluding hydrogens is 440 g/mol. The highest BCUT2D eigenvalue weighted by atomic mass is 35.5. The molecule has 2 aromatic carbocycles. The van der Waals surface area contributed by atoms with Gasteiger partial charge < -0.3 is 20.2 Å². The van der Waals surface area contributed by atoms with Crippen molar-refractivity contribution in [1.82, 2.24) is 15.2 Å². The van der Waals surface area contributed by atoms with Gasteiger partial charge in [-0.2, -0.15) is 0 Å². The maximum atomic E-state index is 14.0. The summed E-state index contributed by atoms with van der Waals surface area (Å²) in [6.07, 6.45) is 0. The summed E-state index contributed by atoms with van der Waals surface area (Å²) < 4.78 is 27.9. The van der Waals surface area contributed by atoms with Crippen LogP contribution in [0.2, 0.25) is 0 Å². The lowest BCUT2D eigenvalue weighted by Crippen LogP contribution is -2.44. The molecule has 0 spiro atoms. The summed E-state index contributed by atoms with van der Waals surface area (Å²) in [7, 11) is 0. The molecule has 10 heteroatoms. The van der Waals surface area contributed by atoms with Gasteiger partial charge >= 0.3 is 0 Å². The van der Waals surface area contributed by atoms with Crippen LogP contribution in [0.4, 0.5) is 14.5 Å². The van der Waals surface area contributed by atoms with Crippen LogP contribution < -0.4 is 5.32 Å². The third-order valence-electron chi connectivity index (χ3n) is 5.51. The van der Waals surface area contributed by atoms with Crippen LogP contribution in [0.25, 0.3) is 10.9 Å². The predicted octanol–water partition coefficient (Wildman–Crippen LogP) is 3.33. The lowest BCUT2D eigenvalue weighted by atomic mass is 10.0. The molecule has 0 radical (unpaired) electrons. The van der Waals surface area contributed by atoms with E-state index in [1.807, 2.05) is 0 Å². The number of halogens is 3. The second-order valence-corrected chi connectivity index (χ2v) is 7.53. The van der Waals surface area contributed by atoms with Crippen molar-refractivity contribution in [2.45, 2.75) is 0 Å². The second kappa shape index (κ2) is 9.23.